The van der Waals surface area contributed by atoms with E-state index < -0.39 is 0 Å². The number of hydrogen-bond acceptors (Lipinski definition) is 5. The normalized spacial score (nSPS) is 10.5. The summed E-state index contributed by atoms with van der Waals surface area (Å²) in [5.41, 5.74) is 3.88. The minimum Gasteiger partial charge on any atom is -0.343 e. The summed E-state index contributed by atoms with van der Waals surface area (Å²) in [5.74, 6) is 0.327. The molecule has 138 valence electrons. The summed E-state index contributed by atoms with van der Waals surface area (Å²) in [6.45, 7) is 5.47. The van der Waals surface area contributed by atoms with Crippen molar-refractivity contribution in [2.45, 2.75) is 20.8 Å². The van der Waals surface area contributed by atoms with E-state index >= 15 is 0 Å². The molecule has 0 saturated heterocycles. The Labute approximate surface area is 156 Å². The van der Waals surface area contributed by atoms with Crippen molar-refractivity contribution in [1.29, 1.82) is 0 Å². The Morgan fingerprint density at radius 2 is 1.67 bits per heavy atom. The highest BCUT2D eigenvalue weighted by atomic mass is 16.5. The Hall–Kier alpha value is -3.48. The first-order valence-corrected chi connectivity index (χ1v) is 8.49. The molecule has 1 heterocycles. The van der Waals surface area contributed by atoms with E-state index in [0.29, 0.717) is 17.3 Å². The molecule has 27 heavy (non-hydrogen) atoms. The van der Waals surface area contributed by atoms with Crippen molar-refractivity contribution >= 4 is 17.5 Å². The third kappa shape index (κ3) is 4.38. The molecule has 0 unspecified atom stereocenters. The lowest BCUT2D eigenvalue weighted by atomic mass is 10.1. The molecular formula is C20H20N4O3. The number of carbonyl (C=O) groups is 2. The number of aryl methyl sites for hydroxylation is 3. The molecular weight excluding hydrogens is 344 g/mol. The second-order valence-corrected chi connectivity index (χ2v) is 6.22. The van der Waals surface area contributed by atoms with Gasteiger partial charge in [-0.05, 0) is 56.2 Å². The van der Waals surface area contributed by atoms with Gasteiger partial charge in [-0.2, -0.15) is 4.98 Å². The number of nitrogens with zero attached hydrogens (tertiary/aromatic N) is 2. The van der Waals surface area contributed by atoms with Crippen LogP contribution in [0.3, 0.4) is 0 Å². The molecule has 0 aliphatic heterocycles. The maximum atomic E-state index is 12.2. The monoisotopic (exact) mass is 364 g/mol. The molecule has 0 bridgehead atoms. The van der Waals surface area contributed by atoms with Crippen LogP contribution >= 0.6 is 0 Å². The topological polar surface area (TPSA) is 97.1 Å². The van der Waals surface area contributed by atoms with Gasteiger partial charge in [-0.15, -0.1) is 0 Å². The van der Waals surface area contributed by atoms with Crippen molar-refractivity contribution in [3.05, 3.63) is 65.0 Å². The Morgan fingerprint density at radius 1 is 1.00 bits per heavy atom. The number of para-hydroxylation sites is 1. The Kier molecular flexibility index (Phi) is 5.30. The summed E-state index contributed by atoms with van der Waals surface area (Å²) in [6, 6.07) is 12.5. The minimum absolute atomic E-state index is 0.114. The van der Waals surface area contributed by atoms with Gasteiger partial charge in [-0.3, -0.25) is 9.59 Å². The second-order valence-electron chi connectivity index (χ2n) is 6.22. The van der Waals surface area contributed by atoms with Crippen molar-refractivity contribution in [3.63, 3.8) is 0 Å². The van der Waals surface area contributed by atoms with E-state index in [4.69, 9.17) is 4.52 Å². The predicted molar refractivity (Wildman–Crippen MR) is 101 cm³/mol. The highest BCUT2D eigenvalue weighted by molar-refractivity contribution is 6.00. The largest absolute Gasteiger partial charge is 0.343 e. The van der Waals surface area contributed by atoms with Gasteiger partial charge in [0.05, 0.1) is 6.54 Å². The van der Waals surface area contributed by atoms with Gasteiger partial charge in [-0.1, -0.05) is 23.4 Å². The van der Waals surface area contributed by atoms with Crippen molar-refractivity contribution in [2.24, 2.45) is 0 Å². The molecule has 0 aliphatic carbocycles. The first-order valence-electron chi connectivity index (χ1n) is 8.49. The molecule has 2 N–H and O–H groups in total. The number of nitrogens with one attached hydrogen (secondary N) is 2. The van der Waals surface area contributed by atoms with E-state index in [1.54, 1.807) is 31.2 Å². The fourth-order valence-electron chi connectivity index (χ4n) is 2.64. The van der Waals surface area contributed by atoms with Crippen molar-refractivity contribution < 1.29 is 14.1 Å². The van der Waals surface area contributed by atoms with Crippen LogP contribution in [-0.4, -0.2) is 28.5 Å². The molecule has 2 amide bonds. The van der Waals surface area contributed by atoms with Crippen LogP contribution in [0.4, 0.5) is 5.69 Å². The molecule has 0 atom stereocenters. The van der Waals surface area contributed by atoms with E-state index in [2.05, 4.69) is 20.8 Å². The van der Waals surface area contributed by atoms with E-state index in [-0.39, 0.29) is 18.4 Å². The maximum absolute atomic E-state index is 12.2. The molecule has 0 fully saturated rings. The number of carbonyl (C=O) groups excluding carboxylic acids is 2. The number of benzene rings is 2. The highest BCUT2D eigenvalue weighted by Gasteiger charge is 2.12. The summed E-state index contributed by atoms with van der Waals surface area (Å²) in [6.07, 6.45) is 0. The van der Waals surface area contributed by atoms with E-state index in [9.17, 15) is 9.59 Å². The summed E-state index contributed by atoms with van der Waals surface area (Å²) in [5, 5.41) is 9.19. The molecule has 0 saturated carbocycles. The fourth-order valence-corrected chi connectivity index (χ4v) is 2.64. The fraction of sp³-hybridized carbons (Fsp3) is 0.200. The SMILES string of the molecule is Cc1noc(-c2ccc(C(=O)NCC(=O)Nc3c(C)cccc3C)cc2)n1. The molecule has 3 rings (SSSR count). The second kappa shape index (κ2) is 7.82. The standard InChI is InChI=1S/C20H20N4O3/c1-12-5-4-6-13(2)18(12)23-17(25)11-21-19(26)15-7-9-16(10-8-15)20-22-14(3)24-27-20/h4-10H,11H2,1-3H3,(H,21,26)(H,23,25). The smallest absolute Gasteiger partial charge is 0.257 e. The maximum Gasteiger partial charge on any atom is 0.257 e. The number of rotatable bonds is 5. The molecule has 0 radical (unpaired) electrons. The molecule has 1 aromatic heterocycles. The van der Waals surface area contributed by atoms with Gasteiger partial charge >= 0.3 is 0 Å². The van der Waals surface area contributed by atoms with Gasteiger partial charge in [0.25, 0.3) is 11.8 Å². The summed E-state index contributed by atoms with van der Waals surface area (Å²) < 4.78 is 5.09. The Balaban J connectivity index is 1.58. The van der Waals surface area contributed by atoms with Crippen LogP contribution in [0.2, 0.25) is 0 Å². The molecule has 2 aromatic carbocycles. The van der Waals surface area contributed by atoms with E-state index in [1.807, 2.05) is 32.0 Å². The van der Waals surface area contributed by atoms with Gasteiger partial charge in [0.2, 0.25) is 5.91 Å². The number of amides is 2. The zero-order valence-electron chi connectivity index (χ0n) is 15.4. The van der Waals surface area contributed by atoms with Gasteiger partial charge in [0.1, 0.15) is 0 Å². The molecule has 3 aromatic rings. The van der Waals surface area contributed by atoms with Crippen molar-refractivity contribution in [2.75, 3.05) is 11.9 Å². The van der Waals surface area contributed by atoms with Crippen LogP contribution < -0.4 is 10.6 Å². The summed E-state index contributed by atoms with van der Waals surface area (Å²) in [7, 11) is 0. The third-order valence-electron chi connectivity index (χ3n) is 4.08. The molecule has 7 heteroatoms. The zero-order chi connectivity index (χ0) is 19.4. The van der Waals surface area contributed by atoms with Crippen LogP contribution in [0.1, 0.15) is 27.3 Å². The predicted octanol–water partition coefficient (Wildman–Crippen LogP) is 3.03. The van der Waals surface area contributed by atoms with E-state index in [1.165, 1.54) is 0 Å². The van der Waals surface area contributed by atoms with Gasteiger partial charge in [0.15, 0.2) is 5.82 Å². The Bertz CT molecular complexity index is 957. The number of anilines is 1. The zero-order valence-corrected chi connectivity index (χ0v) is 15.4. The molecule has 7 nitrogen and oxygen atoms in total. The minimum atomic E-state index is -0.333. The van der Waals surface area contributed by atoms with Crippen molar-refractivity contribution in [1.82, 2.24) is 15.5 Å². The number of aromatic nitrogens is 2. The Morgan fingerprint density at radius 3 is 2.26 bits per heavy atom. The van der Waals surface area contributed by atoms with Gasteiger partial charge in [-0.25, -0.2) is 0 Å². The summed E-state index contributed by atoms with van der Waals surface area (Å²) in [4.78, 5) is 28.5. The van der Waals surface area contributed by atoms with Crippen molar-refractivity contribution in [3.8, 4) is 11.5 Å². The average Bonchev–Trinajstić information content (AvgIpc) is 3.09. The first kappa shape index (κ1) is 18.3. The lowest BCUT2D eigenvalue weighted by Gasteiger charge is -2.12. The van der Waals surface area contributed by atoms with Gasteiger partial charge in [0, 0.05) is 16.8 Å². The first-order chi connectivity index (χ1) is 12.9. The third-order valence-corrected chi connectivity index (χ3v) is 4.08. The van der Waals surface area contributed by atoms with Crippen LogP contribution in [0.25, 0.3) is 11.5 Å². The van der Waals surface area contributed by atoms with Crippen LogP contribution in [0.5, 0.6) is 0 Å². The number of hydrogen-bond donors (Lipinski definition) is 2. The van der Waals surface area contributed by atoms with Gasteiger partial charge < -0.3 is 15.2 Å². The quantitative estimate of drug-likeness (QED) is 0.725. The average molecular weight is 364 g/mol. The molecule has 0 spiro atoms. The van der Waals surface area contributed by atoms with Crippen LogP contribution in [-0.2, 0) is 4.79 Å². The lowest BCUT2D eigenvalue weighted by molar-refractivity contribution is -0.115. The van der Waals surface area contributed by atoms with E-state index in [0.717, 1.165) is 22.4 Å². The highest BCUT2D eigenvalue weighted by Crippen LogP contribution is 2.19. The molecule has 0 aliphatic rings. The lowest BCUT2D eigenvalue weighted by Crippen LogP contribution is -2.33. The summed E-state index contributed by atoms with van der Waals surface area (Å²) >= 11 is 0. The van der Waals surface area contributed by atoms with Crippen LogP contribution in [0, 0.1) is 20.8 Å². The van der Waals surface area contributed by atoms with Crippen LogP contribution in [0.15, 0.2) is 47.0 Å².